The monoisotopic (exact) mass is 494 g/mol. The van der Waals surface area contributed by atoms with Crippen molar-refractivity contribution in [1.29, 1.82) is 0 Å². The van der Waals surface area contributed by atoms with Gasteiger partial charge >= 0.3 is 18.2 Å². The molecule has 1 saturated heterocycles. The van der Waals surface area contributed by atoms with Crippen molar-refractivity contribution in [2.24, 2.45) is 0 Å². The first-order valence-electron chi connectivity index (χ1n) is 11.5. The molecule has 1 aliphatic heterocycles. The number of nitrogens with one attached hydrogen (secondary N) is 2. The second kappa shape index (κ2) is 11.4. The fraction of sp³-hybridized carbons (Fsp3) is 0.458. The summed E-state index contributed by atoms with van der Waals surface area (Å²) in [6.07, 6.45) is -1.91. The van der Waals surface area contributed by atoms with Gasteiger partial charge in [0, 0.05) is 25.1 Å². The van der Waals surface area contributed by atoms with Gasteiger partial charge in [0.1, 0.15) is 0 Å². The summed E-state index contributed by atoms with van der Waals surface area (Å²) in [4.78, 5) is 38.1. The third-order valence-corrected chi connectivity index (χ3v) is 5.50. The standard InChI is InChI=1S/C24H29F3N4O4/c1-3-11-30(12-4-2)15-16-5-7-18(8-6-16)28-23(34)29-31-20-10-9-19(32)13-17(20)14-21(31)35-22(33)24(25,26)27/h5-8,10,13,21H,3-4,9,11-12,14-15H2,1-2H3,(H2,28,29,34). The number of hydrogen-bond acceptors (Lipinski definition) is 6. The number of nitrogens with zero attached hydrogens (tertiary/aromatic N) is 2. The van der Waals surface area contributed by atoms with Crippen molar-refractivity contribution < 1.29 is 32.3 Å². The highest BCUT2D eigenvalue weighted by Gasteiger charge is 2.46. The summed E-state index contributed by atoms with van der Waals surface area (Å²) in [5.41, 5.74) is 4.71. The Morgan fingerprint density at radius 1 is 1.14 bits per heavy atom. The maximum atomic E-state index is 12.7. The van der Waals surface area contributed by atoms with E-state index in [2.05, 4.69) is 34.2 Å². The number of hydrogen-bond donors (Lipinski definition) is 2. The second-order valence-electron chi connectivity index (χ2n) is 8.40. The highest BCUT2D eigenvalue weighted by Crippen LogP contribution is 2.35. The first kappa shape index (κ1) is 26.3. The molecule has 0 aromatic heterocycles. The predicted octanol–water partition coefficient (Wildman–Crippen LogP) is 4.27. The summed E-state index contributed by atoms with van der Waals surface area (Å²) in [7, 11) is 0. The summed E-state index contributed by atoms with van der Waals surface area (Å²) in [6, 6.07) is 6.53. The van der Waals surface area contributed by atoms with Gasteiger partial charge in [-0.1, -0.05) is 32.1 Å². The number of ether oxygens (including phenoxy) is 1. The zero-order valence-corrected chi connectivity index (χ0v) is 19.7. The molecule has 1 atom stereocenters. The molecular weight excluding hydrogens is 465 g/mol. The molecule has 8 nitrogen and oxygen atoms in total. The van der Waals surface area contributed by atoms with E-state index in [1.807, 2.05) is 12.1 Å². The summed E-state index contributed by atoms with van der Waals surface area (Å²) in [5.74, 6) is -2.61. The maximum Gasteiger partial charge on any atom is 0.491 e. The van der Waals surface area contributed by atoms with Crippen LogP contribution < -0.4 is 10.7 Å². The van der Waals surface area contributed by atoms with Crippen LogP contribution in [-0.4, -0.2) is 53.2 Å². The molecule has 2 aliphatic rings. The van der Waals surface area contributed by atoms with E-state index >= 15 is 0 Å². The highest BCUT2D eigenvalue weighted by atomic mass is 19.4. The van der Waals surface area contributed by atoms with Crippen LogP contribution in [0.4, 0.5) is 23.7 Å². The minimum atomic E-state index is -5.19. The lowest BCUT2D eigenvalue weighted by molar-refractivity contribution is -0.211. The van der Waals surface area contributed by atoms with E-state index in [1.54, 1.807) is 12.1 Å². The molecule has 1 fully saturated rings. The minimum absolute atomic E-state index is 0.0209. The number of anilines is 1. The van der Waals surface area contributed by atoms with E-state index in [1.165, 1.54) is 12.2 Å². The molecule has 2 N–H and O–H groups in total. The molecule has 0 saturated carbocycles. The molecular formula is C24H29F3N4O4. The number of halogens is 3. The molecule has 11 heteroatoms. The first-order chi connectivity index (χ1) is 16.6. The smallest absolute Gasteiger partial charge is 0.433 e. The van der Waals surface area contributed by atoms with Gasteiger partial charge in [0.15, 0.2) is 12.0 Å². The fourth-order valence-corrected chi connectivity index (χ4v) is 4.05. The third-order valence-electron chi connectivity index (χ3n) is 5.50. The molecule has 0 bridgehead atoms. The lowest BCUT2D eigenvalue weighted by Crippen LogP contribution is -2.48. The summed E-state index contributed by atoms with van der Waals surface area (Å²) >= 11 is 0. The number of ketones is 1. The summed E-state index contributed by atoms with van der Waals surface area (Å²) in [5, 5.41) is 3.67. The summed E-state index contributed by atoms with van der Waals surface area (Å²) in [6.45, 7) is 7.02. The number of fused-ring (bicyclic) bond motifs is 1. The Morgan fingerprint density at radius 2 is 1.80 bits per heavy atom. The van der Waals surface area contributed by atoms with E-state index in [9.17, 15) is 27.6 Å². The third kappa shape index (κ3) is 7.08. The lowest BCUT2D eigenvalue weighted by atomic mass is 10.0. The largest absolute Gasteiger partial charge is 0.491 e. The van der Waals surface area contributed by atoms with Crippen molar-refractivity contribution in [3.8, 4) is 0 Å². The quantitative estimate of drug-likeness (QED) is 0.499. The highest BCUT2D eigenvalue weighted by molar-refractivity contribution is 5.94. The van der Waals surface area contributed by atoms with Gasteiger partial charge in [-0.3, -0.25) is 9.69 Å². The Bertz CT molecular complexity index is 999. The molecule has 1 aromatic rings. The van der Waals surface area contributed by atoms with Crippen molar-refractivity contribution in [2.75, 3.05) is 18.4 Å². The van der Waals surface area contributed by atoms with Gasteiger partial charge in [-0.15, -0.1) is 0 Å². The van der Waals surface area contributed by atoms with E-state index < -0.39 is 24.4 Å². The van der Waals surface area contributed by atoms with E-state index in [-0.39, 0.29) is 18.6 Å². The van der Waals surface area contributed by atoms with Gasteiger partial charge in [0.25, 0.3) is 0 Å². The molecule has 35 heavy (non-hydrogen) atoms. The molecule has 190 valence electrons. The molecule has 1 heterocycles. The maximum absolute atomic E-state index is 12.7. The fourth-order valence-electron chi connectivity index (χ4n) is 4.05. The second-order valence-corrected chi connectivity index (χ2v) is 8.40. The molecule has 2 amide bonds. The van der Waals surface area contributed by atoms with Gasteiger partial charge in [-0.2, -0.15) is 13.2 Å². The Balaban J connectivity index is 1.66. The van der Waals surface area contributed by atoms with Gasteiger partial charge in [-0.05, 0) is 55.3 Å². The van der Waals surface area contributed by atoms with Crippen LogP contribution >= 0.6 is 0 Å². The average Bonchev–Trinajstić information content (AvgIpc) is 3.10. The van der Waals surface area contributed by atoms with Crippen molar-refractivity contribution in [1.82, 2.24) is 15.3 Å². The zero-order chi connectivity index (χ0) is 25.6. The normalized spacial score (nSPS) is 17.6. The number of alkyl halides is 3. The lowest BCUT2D eigenvalue weighted by Gasteiger charge is -2.28. The Morgan fingerprint density at radius 3 is 2.40 bits per heavy atom. The van der Waals surface area contributed by atoms with Crippen LogP contribution in [0.5, 0.6) is 0 Å². The van der Waals surface area contributed by atoms with Crippen molar-refractivity contribution >= 4 is 23.5 Å². The number of amides is 2. The van der Waals surface area contributed by atoms with Crippen LogP contribution in [0.1, 0.15) is 45.1 Å². The van der Waals surface area contributed by atoms with E-state index in [0.29, 0.717) is 17.0 Å². The number of hydrazine groups is 1. The molecule has 1 unspecified atom stereocenters. The number of urea groups is 1. The zero-order valence-electron chi connectivity index (χ0n) is 19.7. The van der Waals surface area contributed by atoms with E-state index in [0.717, 1.165) is 43.0 Å². The Kier molecular flexibility index (Phi) is 8.55. The van der Waals surface area contributed by atoms with Gasteiger partial charge in [-0.25, -0.2) is 20.0 Å². The van der Waals surface area contributed by atoms with Crippen LogP contribution in [0, 0.1) is 0 Å². The first-order valence-corrected chi connectivity index (χ1v) is 11.5. The molecule has 1 aromatic carbocycles. The molecule has 3 rings (SSSR count). The number of carbonyl (C=O) groups is 3. The molecule has 1 aliphatic carbocycles. The van der Waals surface area contributed by atoms with E-state index in [4.69, 9.17) is 0 Å². The Hall–Kier alpha value is -3.34. The van der Waals surface area contributed by atoms with Crippen LogP contribution in [0.15, 0.2) is 47.7 Å². The van der Waals surface area contributed by atoms with Crippen molar-refractivity contribution in [2.45, 2.75) is 58.5 Å². The number of rotatable bonds is 9. The van der Waals surface area contributed by atoms with Crippen LogP contribution in [0.25, 0.3) is 0 Å². The molecule has 0 radical (unpaired) electrons. The van der Waals surface area contributed by atoms with Crippen LogP contribution in [0.3, 0.4) is 0 Å². The number of allylic oxidation sites excluding steroid dienone is 3. The number of benzene rings is 1. The average molecular weight is 495 g/mol. The van der Waals surface area contributed by atoms with Gasteiger partial charge < -0.3 is 10.1 Å². The van der Waals surface area contributed by atoms with Gasteiger partial charge in [0.2, 0.25) is 0 Å². The van der Waals surface area contributed by atoms with Crippen molar-refractivity contribution in [3.05, 3.63) is 53.3 Å². The number of esters is 1. The molecule has 0 spiro atoms. The predicted molar refractivity (Wildman–Crippen MR) is 123 cm³/mol. The van der Waals surface area contributed by atoms with Gasteiger partial charge in [0.05, 0.1) is 5.70 Å². The van der Waals surface area contributed by atoms with Crippen molar-refractivity contribution in [3.63, 3.8) is 0 Å². The SMILES string of the molecule is CCCN(CCC)Cc1ccc(NC(=O)NN2C3=CCC(=O)C=C3CC2OC(=O)C(F)(F)F)cc1. The Labute approximate surface area is 201 Å². The summed E-state index contributed by atoms with van der Waals surface area (Å²) < 4.78 is 42.8. The minimum Gasteiger partial charge on any atom is -0.433 e. The number of carbonyl (C=O) groups excluding carboxylic acids is 3. The van der Waals surface area contributed by atoms with Crippen LogP contribution in [-0.2, 0) is 20.9 Å². The topological polar surface area (TPSA) is 91.0 Å². The van der Waals surface area contributed by atoms with Crippen LogP contribution in [0.2, 0.25) is 0 Å².